The van der Waals surface area contributed by atoms with E-state index in [0.29, 0.717) is 18.7 Å². The molecule has 37 heavy (non-hydrogen) atoms. The third-order valence-electron chi connectivity index (χ3n) is 6.47. The number of hydrogen-bond donors (Lipinski definition) is 1. The molecule has 2 aliphatic heterocycles. The Morgan fingerprint density at radius 2 is 1.81 bits per heavy atom. The van der Waals surface area contributed by atoms with Crippen molar-refractivity contribution in [1.29, 1.82) is 0 Å². The third kappa shape index (κ3) is 4.70. The number of amides is 1. The van der Waals surface area contributed by atoms with Gasteiger partial charge in [-0.3, -0.25) is 4.90 Å². The second-order valence-electron chi connectivity index (χ2n) is 11.0. The predicted octanol–water partition coefficient (Wildman–Crippen LogP) is 4.81. The van der Waals surface area contributed by atoms with Crippen LogP contribution >= 0.6 is 0 Å². The number of halogens is 2. The van der Waals surface area contributed by atoms with Crippen LogP contribution in [0.25, 0.3) is 22.6 Å². The zero-order valence-electron chi connectivity index (χ0n) is 21.3. The van der Waals surface area contributed by atoms with E-state index in [-0.39, 0.29) is 46.9 Å². The number of oxazole rings is 2. The van der Waals surface area contributed by atoms with Crippen LogP contribution in [0.2, 0.25) is 0 Å². The van der Waals surface area contributed by atoms with Crippen molar-refractivity contribution in [1.82, 2.24) is 14.9 Å². The van der Waals surface area contributed by atoms with Crippen LogP contribution in [0.4, 0.5) is 19.6 Å². The minimum Gasteiger partial charge on any atom is -0.444 e. The van der Waals surface area contributed by atoms with E-state index in [1.807, 2.05) is 25.7 Å². The molecule has 2 saturated heterocycles. The SMILES string of the molecule is CC(C)(C)OC(=O)N1C2CCC1CN(c1nc3c(OC(F)(F)C(C)(C)O)ccc(-c4ncco4)c3o1)C2. The van der Waals surface area contributed by atoms with Gasteiger partial charge in [0.1, 0.15) is 11.9 Å². The van der Waals surface area contributed by atoms with Gasteiger partial charge < -0.3 is 28.3 Å². The highest BCUT2D eigenvalue weighted by Gasteiger charge is 2.49. The molecule has 2 unspecified atom stereocenters. The van der Waals surface area contributed by atoms with Crippen molar-refractivity contribution in [3.8, 4) is 17.2 Å². The number of aromatic nitrogens is 2. The van der Waals surface area contributed by atoms with Crippen molar-refractivity contribution >= 4 is 23.2 Å². The monoisotopic (exact) mass is 520 g/mol. The van der Waals surface area contributed by atoms with Gasteiger partial charge in [-0.2, -0.15) is 13.8 Å². The van der Waals surface area contributed by atoms with Crippen molar-refractivity contribution in [2.24, 2.45) is 0 Å². The van der Waals surface area contributed by atoms with E-state index in [1.54, 1.807) is 4.90 Å². The highest BCUT2D eigenvalue weighted by Crippen LogP contribution is 2.41. The Kier molecular flexibility index (Phi) is 5.85. The molecular weight excluding hydrogens is 490 g/mol. The lowest BCUT2D eigenvalue weighted by Gasteiger charge is -2.40. The third-order valence-corrected chi connectivity index (χ3v) is 6.47. The average Bonchev–Trinajstić information content (AvgIpc) is 3.50. The van der Waals surface area contributed by atoms with Crippen LogP contribution in [0.1, 0.15) is 47.5 Å². The summed E-state index contributed by atoms with van der Waals surface area (Å²) in [6, 6.07) is 2.79. The van der Waals surface area contributed by atoms with Crippen LogP contribution in [0.15, 0.2) is 33.4 Å². The number of carbonyl (C=O) groups is 1. The highest BCUT2D eigenvalue weighted by atomic mass is 19.3. The van der Waals surface area contributed by atoms with Crippen molar-refractivity contribution in [2.75, 3.05) is 18.0 Å². The molecule has 4 heterocycles. The molecule has 1 aromatic carbocycles. The summed E-state index contributed by atoms with van der Waals surface area (Å²) < 4.78 is 51.3. The lowest BCUT2D eigenvalue weighted by atomic mass is 10.1. The molecule has 12 heteroatoms. The van der Waals surface area contributed by atoms with E-state index in [0.717, 1.165) is 26.7 Å². The van der Waals surface area contributed by atoms with E-state index in [9.17, 15) is 18.7 Å². The Morgan fingerprint density at radius 3 is 2.38 bits per heavy atom. The average molecular weight is 521 g/mol. The molecule has 5 rings (SSSR count). The van der Waals surface area contributed by atoms with Crippen LogP contribution in [0, 0.1) is 0 Å². The van der Waals surface area contributed by atoms with Gasteiger partial charge in [0.2, 0.25) is 5.89 Å². The van der Waals surface area contributed by atoms with Crippen LogP contribution in [0.3, 0.4) is 0 Å². The maximum Gasteiger partial charge on any atom is 0.426 e. The molecule has 1 amide bonds. The second-order valence-corrected chi connectivity index (χ2v) is 11.0. The van der Waals surface area contributed by atoms with E-state index in [4.69, 9.17) is 18.3 Å². The number of alkyl halides is 2. The number of aliphatic hydroxyl groups is 1. The van der Waals surface area contributed by atoms with Crippen LogP contribution < -0.4 is 9.64 Å². The molecule has 2 atom stereocenters. The summed E-state index contributed by atoms with van der Waals surface area (Å²) in [7, 11) is 0. The van der Waals surface area contributed by atoms with Crippen molar-refractivity contribution in [3.05, 3.63) is 24.6 Å². The van der Waals surface area contributed by atoms with Gasteiger partial charge in [-0.1, -0.05) is 0 Å². The van der Waals surface area contributed by atoms with E-state index in [2.05, 4.69) is 9.97 Å². The van der Waals surface area contributed by atoms with Gasteiger partial charge in [-0.05, 0) is 59.6 Å². The zero-order chi connectivity index (χ0) is 26.8. The molecule has 0 aliphatic carbocycles. The number of piperazine rings is 1. The molecule has 2 aromatic heterocycles. The fourth-order valence-corrected chi connectivity index (χ4v) is 4.65. The molecule has 2 fully saturated rings. The Bertz CT molecular complexity index is 1280. The van der Waals surface area contributed by atoms with E-state index in [1.165, 1.54) is 24.6 Å². The second kappa shape index (κ2) is 8.57. The van der Waals surface area contributed by atoms with E-state index >= 15 is 0 Å². The molecule has 2 bridgehead atoms. The number of nitrogens with zero attached hydrogens (tertiary/aromatic N) is 4. The largest absolute Gasteiger partial charge is 0.444 e. The predicted molar refractivity (Wildman–Crippen MR) is 128 cm³/mol. The molecule has 1 N–H and O–H groups in total. The molecule has 0 saturated carbocycles. The Labute approximate surface area is 212 Å². The molecule has 10 nitrogen and oxygen atoms in total. The number of anilines is 1. The zero-order valence-corrected chi connectivity index (χ0v) is 21.3. The fraction of sp³-hybridized carbons (Fsp3) is 0.560. The summed E-state index contributed by atoms with van der Waals surface area (Å²) in [6.45, 7) is 8.27. The highest BCUT2D eigenvalue weighted by molar-refractivity contribution is 5.93. The van der Waals surface area contributed by atoms with Gasteiger partial charge in [-0.15, -0.1) is 0 Å². The summed E-state index contributed by atoms with van der Waals surface area (Å²) in [5.74, 6) is -0.0360. The lowest BCUT2D eigenvalue weighted by molar-refractivity contribution is -0.275. The Balaban J connectivity index is 1.49. The Morgan fingerprint density at radius 1 is 1.14 bits per heavy atom. The van der Waals surface area contributed by atoms with Crippen LogP contribution in [0.5, 0.6) is 5.75 Å². The van der Waals surface area contributed by atoms with Gasteiger partial charge in [0.15, 0.2) is 22.5 Å². The molecule has 0 spiro atoms. The lowest BCUT2D eigenvalue weighted by Crippen LogP contribution is -2.56. The first-order chi connectivity index (χ1) is 17.2. The summed E-state index contributed by atoms with van der Waals surface area (Å²) in [5, 5.41) is 9.90. The molecular formula is C25H30F2N4O6. The smallest absolute Gasteiger partial charge is 0.426 e. The Hall–Kier alpha value is -3.41. The number of hydrogen-bond acceptors (Lipinski definition) is 9. The van der Waals surface area contributed by atoms with Crippen molar-refractivity contribution < 1.29 is 37.0 Å². The van der Waals surface area contributed by atoms with Crippen molar-refractivity contribution in [2.45, 2.75) is 76.9 Å². The number of ether oxygens (including phenoxy) is 2. The normalized spacial score (nSPS) is 20.5. The summed E-state index contributed by atoms with van der Waals surface area (Å²) in [6.07, 6.45) is 0.190. The van der Waals surface area contributed by atoms with Gasteiger partial charge in [0.05, 0.1) is 23.8 Å². The number of carbonyl (C=O) groups excluding carboxylic acids is 1. The van der Waals surface area contributed by atoms with Gasteiger partial charge in [0.25, 0.3) is 6.01 Å². The van der Waals surface area contributed by atoms with Gasteiger partial charge >= 0.3 is 12.2 Å². The molecule has 3 aromatic rings. The molecule has 200 valence electrons. The number of benzene rings is 1. The number of rotatable bonds is 5. The molecule has 0 radical (unpaired) electrons. The maximum absolute atomic E-state index is 14.6. The van der Waals surface area contributed by atoms with Gasteiger partial charge in [0, 0.05) is 13.1 Å². The van der Waals surface area contributed by atoms with E-state index < -0.39 is 17.3 Å². The minimum atomic E-state index is -3.90. The van der Waals surface area contributed by atoms with Crippen molar-refractivity contribution in [3.63, 3.8) is 0 Å². The first-order valence-corrected chi connectivity index (χ1v) is 12.1. The summed E-state index contributed by atoms with van der Waals surface area (Å²) in [5.41, 5.74) is -2.44. The topological polar surface area (TPSA) is 114 Å². The first kappa shape index (κ1) is 25.2. The quantitative estimate of drug-likeness (QED) is 0.506. The van der Waals surface area contributed by atoms with Crippen LogP contribution in [-0.2, 0) is 4.74 Å². The summed E-state index contributed by atoms with van der Waals surface area (Å²) in [4.78, 5) is 25.1. The summed E-state index contributed by atoms with van der Waals surface area (Å²) >= 11 is 0. The standard InChI is InChI=1S/C25H30F2N4O6/c1-23(2,3)37-22(32)31-14-6-7-15(31)13-30(12-14)21-29-18-17(36-25(26,27)24(4,5)33)9-8-16(19(18)35-21)20-28-10-11-34-20/h8-11,14-15,33H,6-7,12-13H2,1-5H3. The maximum atomic E-state index is 14.6. The minimum absolute atomic E-state index is 0.0385. The van der Waals surface area contributed by atoms with Crippen LogP contribution in [-0.4, -0.2) is 68.6 Å². The first-order valence-electron chi connectivity index (χ1n) is 12.1. The fourth-order valence-electron chi connectivity index (χ4n) is 4.65. The molecule has 2 aliphatic rings. The van der Waals surface area contributed by atoms with Gasteiger partial charge in [-0.25, -0.2) is 9.78 Å². The number of fused-ring (bicyclic) bond motifs is 3.